The van der Waals surface area contributed by atoms with E-state index in [-0.39, 0.29) is 5.41 Å². The Labute approximate surface area is 345 Å². The summed E-state index contributed by atoms with van der Waals surface area (Å²) < 4.78 is 0. The Bertz CT molecular complexity index is 3110. The van der Waals surface area contributed by atoms with Gasteiger partial charge in [0.15, 0.2) is 0 Å². The Morgan fingerprint density at radius 2 is 0.780 bits per heavy atom. The van der Waals surface area contributed by atoms with Crippen LogP contribution in [0, 0.1) is 0 Å². The summed E-state index contributed by atoms with van der Waals surface area (Å²) in [7, 11) is 0. The molecule has 2 heteroatoms. The molecule has 59 heavy (non-hydrogen) atoms. The van der Waals surface area contributed by atoms with E-state index >= 15 is 0 Å². The zero-order valence-electron chi connectivity index (χ0n) is 33.2. The van der Waals surface area contributed by atoms with Gasteiger partial charge in [0.25, 0.3) is 0 Å². The highest BCUT2D eigenvalue weighted by atomic mass is 15.1. The highest BCUT2D eigenvalue weighted by Gasteiger charge is 2.34. The molecule has 0 fully saturated rings. The normalized spacial score (nSPS) is 12.7. The summed E-state index contributed by atoms with van der Waals surface area (Å²) in [5.74, 6) is 0. The summed E-state index contributed by atoms with van der Waals surface area (Å²) in [5.41, 5.74) is 14.4. The molecule has 0 saturated carbocycles. The number of anilines is 6. The van der Waals surface area contributed by atoms with Gasteiger partial charge in [-0.2, -0.15) is 0 Å². The third kappa shape index (κ3) is 5.71. The molecule has 0 aliphatic heterocycles. The van der Waals surface area contributed by atoms with Crippen LogP contribution in [-0.4, -0.2) is 0 Å². The fraction of sp³-hybridized carbons (Fsp3) is 0.0526. The van der Waals surface area contributed by atoms with E-state index < -0.39 is 0 Å². The first-order valence-corrected chi connectivity index (χ1v) is 20.5. The first kappa shape index (κ1) is 34.8. The zero-order valence-corrected chi connectivity index (χ0v) is 33.2. The van der Waals surface area contributed by atoms with Crippen molar-refractivity contribution in [3.05, 3.63) is 230 Å². The number of hydrogen-bond donors (Lipinski definition) is 0. The summed E-state index contributed by atoms with van der Waals surface area (Å²) in [6, 6.07) is 79.5. The van der Waals surface area contributed by atoms with Gasteiger partial charge in [-0.3, -0.25) is 0 Å². The van der Waals surface area contributed by atoms with Crippen molar-refractivity contribution in [3.8, 4) is 22.3 Å². The maximum Gasteiger partial charge on any atom is 0.0540 e. The Morgan fingerprint density at radius 3 is 1.37 bits per heavy atom. The second-order valence-corrected chi connectivity index (χ2v) is 16.1. The summed E-state index contributed by atoms with van der Waals surface area (Å²) in [4.78, 5) is 4.70. The molecule has 1 aliphatic rings. The molecular formula is C57H42N2. The van der Waals surface area contributed by atoms with Crippen molar-refractivity contribution >= 4 is 66.4 Å². The average Bonchev–Trinajstić information content (AvgIpc) is 3.54. The number of fused-ring (bicyclic) bond motifs is 1. The topological polar surface area (TPSA) is 6.48 Å². The molecule has 0 radical (unpaired) electrons. The van der Waals surface area contributed by atoms with Crippen LogP contribution in [0.3, 0.4) is 0 Å². The first-order chi connectivity index (χ1) is 29.0. The lowest BCUT2D eigenvalue weighted by Crippen LogP contribution is -2.14. The average molecular weight is 755 g/mol. The number of nitrogens with zero attached hydrogens (tertiary/aromatic N) is 2. The molecule has 280 valence electrons. The van der Waals surface area contributed by atoms with Gasteiger partial charge in [-0.1, -0.05) is 159 Å². The van der Waals surface area contributed by atoms with E-state index in [2.05, 4.69) is 242 Å². The lowest BCUT2D eigenvalue weighted by molar-refractivity contribution is 0.663. The summed E-state index contributed by atoms with van der Waals surface area (Å²) in [5, 5.41) is 7.89. The maximum atomic E-state index is 2.43. The van der Waals surface area contributed by atoms with Gasteiger partial charge in [0.05, 0.1) is 5.69 Å². The minimum Gasteiger partial charge on any atom is -0.311 e. The van der Waals surface area contributed by atoms with Gasteiger partial charge in [0.2, 0.25) is 0 Å². The van der Waals surface area contributed by atoms with Crippen molar-refractivity contribution in [2.45, 2.75) is 19.3 Å². The van der Waals surface area contributed by atoms with Crippen molar-refractivity contribution in [1.29, 1.82) is 0 Å². The van der Waals surface area contributed by atoms with Crippen LogP contribution in [0.1, 0.15) is 25.0 Å². The lowest BCUT2D eigenvalue weighted by Gasteiger charge is -2.28. The number of rotatable bonds is 8. The van der Waals surface area contributed by atoms with Crippen LogP contribution in [0.5, 0.6) is 0 Å². The van der Waals surface area contributed by atoms with Crippen molar-refractivity contribution in [2.75, 3.05) is 9.80 Å². The zero-order chi connectivity index (χ0) is 39.5. The number of benzene rings is 10. The third-order valence-corrected chi connectivity index (χ3v) is 12.4. The maximum absolute atomic E-state index is 2.43. The number of hydrogen-bond acceptors (Lipinski definition) is 2. The highest BCUT2D eigenvalue weighted by Crippen LogP contribution is 2.52. The van der Waals surface area contributed by atoms with Gasteiger partial charge in [0.1, 0.15) is 0 Å². The molecular weight excluding hydrogens is 713 g/mol. The van der Waals surface area contributed by atoms with Crippen molar-refractivity contribution < 1.29 is 0 Å². The molecule has 10 aromatic rings. The van der Waals surface area contributed by atoms with E-state index in [1.54, 1.807) is 0 Å². The highest BCUT2D eigenvalue weighted by molar-refractivity contribution is 6.21. The fourth-order valence-corrected chi connectivity index (χ4v) is 9.58. The van der Waals surface area contributed by atoms with E-state index in [9.17, 15) is 0 Å². The van der Waals surface area contributed by atoms with Gasteiger partial charge >= 0.3 is 0 Å². The molecule has 2 nitrogen and oxygen atoms in total. The van der Waals surface area contributed by atoms with E-state index in [4.69, 9.17) is 0 Å². The van der Waals surface area contributed by atoms with Gasteiger partial charge < -0.3 is 9.80 Å². The second-order valence-electron chi connectivity index (χ2n) is 16.1. The van der Waals surface area contributed by atoms with Crippen LogP contribution >= 0.6 is 0 Å². The van der Waals surface area contributed by atoms with Gasteiger partial charge in [-0.15, -0.1) is 0 Å². The molecule has 0 bridgehead atoms. The molecule has 0 atom stereocenters. The molecule has 10 aromatic carbocycles. The largest absolute Gasteiger partial charge is 0.311 e. The minimum atomic E-state index is -0.0347. The van der Waals surface area contributed by atoms with Crippen LogP contribution in [0.4, 0.5) is 34.1 Å². The smallest absolute Gasteiger partial charge is 0.0540 e. The van der Waals surface area contributed by atoms with Crippen LogP contribution in [-0.2, 0) is 5.41 Å². The predicted octanol–water partition coefficient (Wildman–Crippen LogP) is 16.1. The molecule has 0 saturated heterocycles. The molecule has 0 amide bonds. The van der Waals surface area contributed by atoms with Gasteiger partial charge in [-0.25, -0.2) is 0 Å². The monoisotopic (exact) mass is 754 g/mol. The van der Waals surface area contributed by atoms with Crippen molar-refractivity contribution in [2.24, 2.45) is 0 Å². The Balaban J connectivity index is 0.995. The quantitative estimate of drug-likeness (QED) is 0.143. The molecule has 0 unspecified atom stereocenters. The summed E-state index contributed by atoms with van der Waals surface area (Å²) in [6.45, 7) is 4.74. The molecule has 11 rings (SSSR count). The third-order valence-electron chi connectivity index (χ3n) is 12.4. The van der Waals surface area contributed by atoms with Crippen molar-refractivity contribution in [3.63, 3.8) is 0 Å². The van der Waals surface area contributed by atoms with Crippen LogP contribution in [0.2, 0.25) is 0 Å². The predicted molar refractivity (Wildman–Crippen MR) is 251 cm³/mol. The van der Waals surface area contributed by atoms with Crippen LogP contribution in [0.25, 0.3) is 54.6 Å². The van der Waals surface area contributed by atoms with E-state index in [0.717, 1.165) is 34.1 Å². The minimum absolute atomic E-state index is 0.0347. The molecule has 0 aromatic heterocycles. The fourth-order valence-electron chi connectivity index (χ4n) is 9.58. The number of para-hydroxylation sites is 3. The van der Waals surface area contributed by atoms with Crippen molar-refractivity contribution in [1.82, 2.24) is 0 Å². The van der Waals surface area contributed by atoms with E-state index in [0.29, 0.717) is 0 Å². The summed E-state index contributed by atoms with van der Waals surface area (Å²) in [6.07, 6.45) is 0. The molecule has 0 spiro atoms. The SMILES string of the molecule is CC1(C)c2cccc3cc(-c4ccc(N(c5ccccc5)c5ccc(-c6ccc(N(c7ccccc7)c7ccccc7)cc6)cc5)c5ccccc45)c4cccc1c4c23. The summed E-state index contributed by atoms with van der Waals surface area (Å²) >= 11 is 0. The second kappa shape index (κ2) is 13.9. The standard InChI is InChI=1S/C57H42N2/c1-57(2)52-26-14-16-41-38-51(50-25-15-27-53(57)56(50)55(41)52)48-36-37-54(49-24-13-12-23-47(48)49)59(44-21-10-5-11-22-44)46-34-30-40(31-35-46)39-28-32-45(33-29-39)58(42-17-6-3-7-18-42)43-19-8-4-9-20-43/h3-38H,1-2H3. The van der Waals surface area contributed by atoms with Crippen LogP contribution < -0.4 is 9.80 Å². The first-order valence-electron chi connectivity index (χ1n) is 20.5. The molecule has 0 heterocycles. The van der Waals surface area contributed by atoms with Gasteiger partial charge in [0, 0.05) is 39.2 Å². The molecule has 0 N–H and O–H groups in total. The van der Waals surface area contributed by atoms with Gasteiger partial charge in [-0.05, 0) is 133 Å². The Morgan fingerprint density at radius 1 is 0.322 bits per heavy atom. The van der Waals surface area contributed by atoms with E-state index in [1.165, 1.54) is 65.7 Å². The Hall–Kier alpha value is -7.42. The lowest BCUT2D eigenvalue weighted by atomic mass is 9.82. The van der Waals surface area contributed by atoms with Crippen LogP contribution in [0.15, 0.2) is 218 Å². The molecule has 1 aliphatic carbocycles. The Kier molecular flexibility index (Phi) is 8.20. The van der Waals surface area contributed by atoms with E-state index in [1.807, 2.05) is 0 Å².